The van der Waals surface area contributed by atoms with Gasteiger partial charge < -0.3 is 5.11 Å². The molecule has 1 aliphatic carbocycles. The Labute approximate surface area is 67.7 Å². The maximum Gasteiger partial charge on any atom is 0.0471 e. The van der Waals surface area contributed by atoms with Crippen LogP contribution in [0, 0.1) is 0 Å². The highest BCUT2D eigenvalue weighted by molar-refractivity contribution is 5.21. The SMILES string of the molecule is OCCC=C=CC1=CCCC1. The Morgan fingerprint density at radius 2 is 2.55 bits per heavy atom. The van der Waals surface area contributed by atoms with Crippen LogP contribution in [0.1, 0.15) is 25.7 Å². The minimum absolute atomic E-state index is 0.222. The number of aliphatic hydroxyl groups excluding tert-OH is 1. The predicted octanol–water partition coefficient (Wildman–Crippen LogP) is 2.19. The summed E-state index contributed by atoms with van der Waals surface area (Å²) in [5.41, 5.74) is 4.44. The van der Waals surface area contributed by atoms with Gasteiger partial charge in [-0.1, -0.05) is 6.08 Å². The largest absolute Gasteiger partial charge is 0.396 e. The summed E-state index contributed by atoms with van der Waals surface area (Å²) in [6.45, 7) is 0.222. The lowest BCUT2D eigenvalue weighted by atomic mass is 10.2. The molecule has 0 aromatic rings. The fraction of sp³-hybridized carbons (Fsp3) is 0.500. The molecule has 1 N–H and O–H groups in total. The van der Waals surface area contributed by atoms with Crippen molar-refractivity contribution in [3.8, 4) is 0 Å². The first-order valence-corrected chi connectivity index (χ1v) is 4.14. The highest BCUT2D eigenvalue weighted by Crippen LogP contribution is 2.17. The van der Waals surface area contributed by atoms with Crippen LogP contribution in [0.25, 0.3) is 0 Å². The quantitative estimate of drug-likeness (QED) is 0.611. The maximum absolute atomic E-state index is 8.46. The molecule has 0 heterocycles. The van der Waals surface area contributed by atoms with E-state index in [1.807, 2.05) is 12.2 Å². The number of hydrogen-bond donors (Lipinski definition) is 1. The number of aliphatic hydroxyl groups is 1. The van der Waals surface area contributed by atoms with E-state index >= 15 is 0 Å². The van der Waals surface area contributed by atoms with Gasteiger partial charge in [-0.15, -0.1) is 5.73 Å². The van der Waals surface area contributed by atoms with E-state index in [9.17, 15) is 0 Å². The summed E-state index contributed by atoms with van der Waals surface area (Å²) in [5.74, 6) is 0. The normalized spacial score (nSPS) is 15.5. The van der Waals surface area contributed by atoms with Crippen molar-refractivity contribution in [2.24, 2.45) is 0 Å². The lowest BCUT2D eigenvalue weighted by molar-refractivity contribution is 0.302. The molecule has 0 fully saturated rings. The van der Waals surface area contributed by atoms with Gasteiger partial charge in [0.2, 0.25) is 0 Å². The van der Waals surface area contributed by atoms with Crippen LogP contribution >= 0.6 is 0 Å². The van der Waals surface area contributed by atoms with Crippen LogP contribution in [0.3, 0.4) is 0 Å². The van der Waals surface area contributed by atoms with E-state index in [0.717, 1.165) is 0 Å². The monoisotopic (exact) mass is 150 g/mol. The molecule has 0 saturated carbocycles. The molecule has 0 saturated heterocycles. The van der Waals surface area contributed by atoms with Gasteiger partial charge >= 0.3 is 0 Å². The molecule has 0 amide bonds. The number of rotatable bonds is 3. The van der Waals surface area contributed by atoms with Crippen molar-refractivity contribution in [2.75, 3.05) is 6.61 Å². The lowest BCUT2D eigenvalue weighted by Gasteiger charge is -1.85. The van der Waals surface area contributed by atoms with Gasteiger partial charge in [-0.25, -0.2) is 0 Å². The van der Waals surface area contributed by atoms with Gasteiger partial charge in [0.1, 0.15) is 0 Å². The van der Waals surface area contributed by atoms with Crippen molar-refractivity contribution in [1.29, 1.82) is 0 Å². The van der Waals surface area contributed by atoms with E-state index in [4.69, 9.17) is 5.11 Å². The second-order valence-corrected chi connectivity index (χ2v) is 2.70. The summed E-state index contributed by atoms with van der Waals surface area (Å²) < 4.78 is 0. The van der Waals surface area contributed by atoms with E-state index in [0.29, 0.717) is 6.42 Å². The van der Waals surface area contributed by atoms with Crippen molar-refractivity contribution in [3.05, 3.63) is 29.5 Å². The topological polar surface area (TPSA) is 20.2 Å². The van der Waals surface area contributed by atoms with E-state index in [1.54, 1.807) is 0 Å². The Kier molecular flexibility index (Phi) is 3.74. The summed E-state index contributed by atoms with van der Waals surface area (Å²) in [6, 6.07) is 0. The zero-order valence-corrected chi connectivity index (χ0v) is 6.71. The van der Waals surface area contributed by atoms with E-state index in [-0.39, 0.29) is 6.61 Å². The summed E-state index contributed by atoms with van der Waals surface area (Å²) in [4.78, 5) is 0. The first kappa shape index (κ1) is 8.32. The van der Waals surface area contributed by atoms with Crippen LogP contribution < -0.4 is 0 Å². The van der Waals surface area contributed by atoms with Crippen molar-refractivity contribution < 1.29 is 5.11 Å². The van der Waals surface area contributed by atoms with Gasteiger partial charge in [0.15, 0.2) is 0 Å². The molecule has 0 aromatic heterocycles. The van der Waals surface area contributed by atoms with Gasteiger partial charge in [-0.05, 0) is 43.4 Å². The van der Waals surface area contributed by atoms with Crippen molar-refractivity contribution in [1.82, 2.24) is 0 Å². The lowest BCUT2D eigenvalue weighted by Crippen LogP contribution is -1.73. The smallest absolute Gasteiger partial charge is 0.0471 e. The van der Waals surface area contributed by atoms with Crippen molar-refractivity contribution in [3.63, 3.8) is 0 Å². The molecule has 0 spiro atoms. The molecule has 0 bridgehead atoms. The summed E-state index contributed by atoms with van der Waals surface area (Å²) in [6.07, 6.45) is 10.5. The van der Waals surface area contributed by atoms with Crippen molar-refractivity contribution in [2.45, 2.75) is 25.7 Å². The highest BCUT2D eigenvalue weighted by atomic mass is 16.2. The summed E-state index contributed by atoms with van der Waals surface area (Å²) in [7, 11) is 0. The first-order chi connectivity index (χ1) is 5.43. The second kappa shape index (κ2) is 4.95. The Balaban J connectivity index is 2.33. The van der Waals surface area contributed by atoms with Gasteiger partial charge in [-0.3, -0.25) is 0 Å². The Morgan fingerprint density at radius 3 is 3.18 bits per heavy atom. The van der Waals surface area contributed by atoms with Crippen LogP contribution in [0.5, 0.6) is 0 Å². The predicted molar refractivity (Wildman–Crippen MR) is 46.3 cm³/mol. The Bertz CT molecular complexity index is 195. The molecular formula is C10H14O. The van der Waals surface area contributed by atoms with E-state index in [2.05, 4.69) is 11.8 Å². The summed E-state index contributed by atoms with van der Waals surface area (Å²) in [5, 5.41) is 8.46. The molecule has 60 valence electrons. The van der Waals surface area contributed by atoms with Gasteiger partial charge in [0.25, 0.3) is 0 Å². The fourth-order valence-corrected chi connectivity index (χ4v) is 1.14. The molecule has 0 aliphatic heterocycles. The molecule has 1 aliphatic rings. The molecule has 0 radical (unpaired) electrons. The average Bonchev–Trinajstić information content (AvgIpc) is 2.50. The second-order valence-electron chi connectivity index (χ2n) is 2.70. The minimum Gasteiger partial charge on any atom is -0.396 e. The number of hydrogen-bond acceptors (Lipinski definition) is 1. The third kappa shape index (κ3) is 3.22. The average molecular weight is 150 g/mol. The zero-order valence-electron chi connectivity index (χ0n) is 6.71. The molecule has 1 rings (SSSR count). The van der Waals surface area contributed by atoms with Crippen LogP contribution in [0.4, 0.5) is 0 Å². The Morgan fingerprint density at radius 1 is 1.64 bits per heavy atom. The van der Waals surface area contributed by atoms with Gasteiger partial charge in [0.05, 0.1) is 0 Å². The van der Waals surface area contributed by atoms with Crippen LogP contribution in [0.2, 0.25) is 0 Å². The van der Waals surface area contributed by atoms with E-state index < -0.39 is 0 Å². The third-order valence-corrected chi connectivity index (χ3v) is 1.74. The van der Waals surface area contributed by atoms with Crippen LogP contribution in [-0.4, -0.2) is 11.7 Å². The molecule has 1 nitrogen and oxygen atoms in total. The van der Waals surface area contributed by atoms with E-state index in [1.165, 1.54) is 24.8 Å². The highest BCUT2D eigenvalue weighted by Gasteiger charge is 1.98. The molecule has 1 heteroatoms. The molecule has 0 aromatic carbocycles. The minimum atomic E-state index is 0.222. The first-order valence-electron chi connectivity index (χ1n) is 4.14. The standard InChI is InChI=1S/C10H14O/c11-9-5-1-2-6-10-7-3-4-8-10/h1,6-7,11H,3-5,8-9H2. The molecule has 11 heavy (non-hydrogen) atoms. The maximum atomic E-state index is 8.46. The Hall–Kier alpha value is -0.780. The molecule has 0 unspecified atom stereocenters. The van der Waals surface area contributed by atoms with Gasteiger partial charge in [-0.2, -0.15) is 0 Å². The van der Waals surface area contributed by atoms with Crippen molar-refractivity contribution >= 4 is 0 Å². The molecule has 0 atom stereocenters. The van der Waals surface area contributed by atoms with Crippen LogP contribution in [0.15, 0.2) is 29.5 Å². The number of allylic oxidation sites excluding steroid dienone is 2. The van der Waals surface area contributed by atoms with Gasteiger partial charge in [0, 0.05) is 6.61 Å². The molecular weight excluding hydrogens is 136 g/mol. The summed E-state index contributed by atoms with van der Waals surface area (Å²) >= 11 is 0. The van der Waals surface area contributed by atoms with Crippen LogP contribution in [-0.2, 0) is 0 Å². The fourth-order valence-electron chi connectivity index (χ4n) is 1.14. The zero-order chi connectivity index (χ0) is 7.94. The third-order valence-electron chi connectivity index (χ3n) is 1.74.